The molecule has 3 amide bonds. The van der Waals surface area contributed by atoms with E-state index < -0.39 is 17.7 Å². The van der Waals surface area contributed by atoms with Crippen molar-refractivity contribution in [1.29, 1.82) is 0 Å². The fourth-order valence-electron chi connectivity index (χ4n) is 5.94. The Bertz CT molecular complexity index is 2140. The van der Waals surface area contributed by atoms with Crippen molar-refractivity contribution < 1.29 is 19.1 Å². The molecule has 0 aliphatic heterocycles. The lowest BCUT2D eigenvalue weighted by molar-refractivity contribution is -0.118. The lowest BCUT2D eigenvalue weighted by Gasteiger charge is -2.30. The maximum Gasteiger partial charge on any atom is 0.279 e. The van der Waals surface area contributed by atoms with Gasteiger partial charge in [0.25, 0.3) is 17.7 Å². The molecule has 0 aromatic heterocycles. The summed E-state index contributed by atoms with van der Waals surface area (Å²) in [5, 5.41) is 5.99. The van der Waals surface area contributed by atoms with Gasteiger partial charge in [0.2, 0.25) is 0 Å². The molecule has 57 heavy (non-hydrogen) atoms. The molecule has 0 spiro atoms. The van der Waals surface area contributed by atoms with Crippen molar-refractivity contribution in [2.45, 2.75) is 79.1 Å². The average Bonchev–Trinajstić information content (AvgIpc) is 3.18. The number of benzene rings is 4. The number of nitrogens with zero attached hydrogens (tertiary/aromatic N) is 2. The molecule has 4 N–H and O–H groups in total. The van der Waals surface area contributed by atoms with Gasteiger partial charge in [-0.1, -0.05) is 107 Å². The Hall–Kier alpha value is -4.83. The van der Waals surface area contributed by atoms with Crippen LogP contribution in [0.15, 0.2) is 89.4 Å². The Morgan fingerprint density at radius 3 is 2.04 bits per heavy atom. The maximum absolute atomic E-state index is 13.8. The van der Waals surface area contributed by atoms with Gasteiger partial charge < -0.3 is 26.0 Å². The summed E-state index contributed by atoms with van der Waals surface area (Å²) >= 11 is 18.8. The standard InChI is InChI=1S/C45H52Cl3N5O4/c1-9-44(5,6)30-18-21-38(35(24-30)45(7,8)10-2)57-27-39(54)50-32-15-13-14-29(23-32)42(55)52-41(49)34(22-28-16-19-33(20-17-28)53(11-3)12-4)43(56)51-40-36(47)25-31(46)26-37(40)48/h13-26H,9-12,27H2,1-8H3,(H,50,54)(H,51,56)(H2,49,52,55)/b34-22+. The Morgan fingerprint density at radius 2 is 1.44 bits per heavy atom. The number of carbonyl (C=O) groups excluding carboxylic acids is 3. The molecule has 9 nitrogen and oxygen atoms in total. The molecule has 0 saturated carbocycles. The number of amidine groups is 1. The summed E-state index contributed by atoms with van der Waals surface area (Å²) in [6.45, 7) is 18.6. The highest BCUT2D eigenvalue weighted by Crippen LogP contribution is 2.39. The topological polar surface area (TPSA) is 126 Å². The monoisotopic (exact) mass is 831 g/mol. The van der Waals surface area contributed by atoms with E-state index in [-0.39, 0.29) is 55.2 Å². The van der Waals surface area contributed by atoms with Crippen molar-refractivity contribution in [2.24, 2.45) is 10.7 Å². The number of amides is 3. The largest absolute Gasteiger partial charge is 0.483 e. The normalized spacial score (nSPS) is 12.3. The second-order valence-electron chi connectivity index (χ2n) is 14.9. The number of hydrogen-bond acceptors (Lipinski definition) is 5. The molecule has 0 heterocycles. The molecule has 0 unspecified atom stereocenters. The molecular formula is C45H52Cl3N5O4. The number of carbonyl (C=O) groups is 3. The third kappa shape index (κ3) is 11.6. The van der Waals surface area contributed by atoms with Gasteiger partial charge in [-0.05, 0) is 103 Å². The van der Waals surface area contributed by atoms with Gasteiger partial charge in [-0.25, -0.2) is 0 Å². The zero-order valence-electron chi connectivity index (χ0n) is 33.9. The summed E-state index contributed by atoms with van der Waals surface area (Å²) in [7, 11) is 0. The van der Waals surface area contributed by atoms with E-state index in [1.807, 2.05) is 30.3 Å². The van der Waals surface area contributed by atoms with Crippen LogP contribution in [0.5, 0.6) is 5.75 Å². The van der Waals surface area contributed by atoms with E-state index in [2.05, 4.69) is 88.0 Å². The van der Waals surface area contributed by atoms with Crippen LogP contribution < -0.4 is 26.0 Å². The van der Waals surface area contributed by atoms with Crippen LogP contribution in [0.3, 0.4) is 0 Å². The summed E-state index contributed by atoms with van der Waals surface area (Å²) in [6, 6.07) is 22.9. The SMILES string of the molecule is CCN(CC)c1ccc(/C=C(/C(=O)Nc2c(Cl)cc(Cl)cc2Cl)C(N)=NC(=O)c2cccc(NC(=O)COc3ccc(C(C)(C)CC)cc3C(C)(C)CC)c2)cc1. The first-order chi connectivity index (χ1) is 26.9. The van der Waals surface area contributed by atoms with Crippen molar-refractivity contribution in [2.75, 3.05) is 35.2 Å². The third-order valence-corrected chi connectivity index (χ3v) is 11.1. The van der Waals surface area contributed by atoms with Crippen LogP contribution in [0, 0.1) is 0 Å². The van der Waals surface area contributed by atoms with E-state index in [0.29, 0.717) is 17.0 Å². The minimum atomic E-state index is -0.737. The predicted octanol–water partition coefficient (Wildman–Crippen LogP) is 11.1. The molecule has 0 aliphatic rings. The van der Waals surface area contributed by atoms with Crippen LogP contribution in [-0.4, -0.2) is 43.3 Å². The highest BCUT2D eigenvalue weighted by Gasteiger charge is 2.27. The highest BCUT2D eigenvalue weighted by molar-refractivity contribution is 6.43. The maximum atomic E-state index is 13.8. The van der Waals surface area contributed by atoms with E-state index in [1.54, 1.807) is 12.1 Å². The number of nitrogens with one attached hydrogen (secondary N) is 2. The van der Waals surface area contributed by atoms with Crippen LogP contribution in [0.25, 0.3) is 6.08 Å². The molecule has 4 aromatic carbocycles. The summed E-state index contributed by atoms with van der Waals surface area (Å²) in [5.41, 5.74) is 10.6. The molecular weight excluding hydrogens is 781 g/mol. The first kappa shape index (κ1) is 44.9. The molecule has 4 rings (SSSR count). The smallest absolute Gasteiger partial charge is 0.279 e. The first-order valence-corrected chi connectivity index (χ1v) is 20.1. The summed E-state index contributed by atoms with van der Waals surface area (Å²) in [6.07, 6.45) is 3.39. The van der Waals surface area contributed by atoms with Gasteiger partial charge in [0.05, 0.1) is 21.3 Å². The lowest BCUT2D eigenvalue weighted by atomic mass is 9.76. The first-order valence-electron chi connectivity index (χ1n) is 19.0. The molecule has 0 aliphatic carbocycles. The molecule has 0 atom stereocenters. The van der Waals surface area contributed by atoms with Crippen molar-refractivity contribution in [1.82, 2.24) is 0 Å². The van der Waals surface area contributed by atoms with Crippen LogP contribution >= 0.6 is 34.8 Å². The molecule has 302 valence electrons. The van der Waals surface area contributed by atoms with E-state index in [0.717, 1.165) is 37.2 Å². The quantitative estimate of drug-likeness (QED) is 0.0586. The second kappa shape index (κ2) is 19.5. The molecule has 12 heteroatoms. The summed E-state index contributed by atoms with van der Waals surface area (Å²) in [4.78, 5) is 46.7. The molecule has 4 aromatic rings. The van der Waals surface area contributed by atoms with Gasteiger partial charge in [-0.3, -0.25) is 14.4 Å². The Kier molecular flexibility index (Phi) is 15.4. The van der Waals surface area contributed by atoms with Crippen molar-refractivity contribution in [3.63, 3.8) is 0 Å². The Morgan fingerprint density at radius 1 is 0.807 bits per heavy atom. The van der Waals surface area contributed by atoms with Crippen LogP contribution in [-0.2, 0) is 20.4 Å². The summed E-state index contributed by atoms with van der Waals surface area (Å²) < 4.78 is 6.09. The highest BCUT2D eigenvalue weighted by atomic mass is 35.5. The fraction of sp³-hybridized carbons (Fsp3) is 0.333. The van der Waals surface area contributed by atoms with Gasteiger partial charge in [-0.15, -0.1) is 0 Å². The van der Waals surface area contributed by atoms with Crippen molar-refractivity contribution >= 4 is 81.5 Å². The van der Waals surface area contributed by atoms with E-state index >= 15 is 0 Å². The van der Waals surface area contributed by atoms with Crippen LogP contribution in [0.1, 0.15) is 95.3 Å². The lowest BCUT2D eigenvalue weighted by Crippen LogP contribution is -2.27. The summed E-state index contributed by atoms with van der Waals surface area (Å²) in [5.74, 6) is -1.56. The number of anilines is 3. The molecule has 0 radical (unpaired) electrons. The van der Waals surface area contributed by atoms with Gasteiger partial charge in [0.1, 0.15) is 11.6 Å². The third-order valence-electron chi connectivity index (χ3n) is 10.3. The van der Waals surface area contributed by atoms with E-state index in [4.69, 9.17) is 45.3 Å². The van der Waals surface area contributed by atoms with Crippen molar-refractivity contribution in [3.8, 4) is 5.75 Å². The van der Waals surface area contributed by atoms with Gasteiger partial charge in [0, 0.05) is 40.6 Å². The van der Waals surface area contributed by atoms with Gasteiger partial charge in [-0.2, -0.15) is 4.99 Å². The second-order valence-corrected chi connectivity index (χ2v) is 16.2. The van der Waals surface area contributed by atoms with Crippen LogP contribution in [0.4, 0.5) is 17.1 Å². The minimum Gasteiger partial charge on any atom is -0.483 e. The molecule has 0 bridgehead atoms. The Labute approximate surface area is 351 Å². The van der Waals surface area contributed by atoms with E-state index in [1.165, 1.54) is 35.9 Å². The van der Waals surface area contributed by atoms with E-state index in [9.17, 15) is 14.4 Å². The van der Waals surface area contributed by atoms with Gasteiger partial charge >= 0.3 is 0 Å². The molecule has 0 saturated heterocycles. The Balaban J connectivity index is 1.57. The number of nitrogens with two attached hydrogens (primary N) is 1. The predicted molar refractivity (Wildman–Crippen MR) is 238 cm³/mol. The number of hydrogen-bond donors (Lipinski definition) is 3. The number of aliphatic imine (C=N–C) groups is 1. The number of halogens is 3. The zero-order valence-corrected chi connectivity index (χ0v) is 36.1. The van der Waals surface area contributed by atoms with Crippen molar-refractivity contribution in [3.05, 3.63) is 122 Å². The number of ether oxygens (including phenoxy) is 1. The number of rotatable bonds is 16. The zero-order chi connectivity index (χ0) is 42.1. The molecule has 0 fully saturated rings. The average molecular weight is 833 g/mol. The van der Waals surface area contributed by atoms with Crippen LogP contribution in [0.2, 0.25) is 15.1 Å². The van der Waals surface area contributed by atoms with Gasteiger partial charge in [0.15, 0.2) is 6.61 Å². The fourth-order valence-corrected chi connectivity index (χ4v) is 6.85. The minimum absolute atomic E-state index is 0.00652.